The fraction of sp³-hybridized carbons (Fsp3) is 0.227. The van der Waals surface area contributed by atoms with Crippen LogP contribution in [0.2, 0.25) is 5.02 Å². The first-order chi connectivity index (χ1) is 14.3. The molecule has 3 rings (SSSR count). The van der Waals surface area contributed by atoms with Crippen LogP contribution < -0.4 is 10.6 Å². The molecule has 8 heteroatoms. The number of esters is 1. The number of fused-ring (bicyclic) bond motifs is 1. The molecule has 0 aliphatic rings. The minimum atomic E-state index is -0.575. The van der Waals surface area contributed by atoms with E-state index in [0.29, 0.717) is 21.9 Å². The highest BCUT2D eigenvalue weighted by atomic mass is 35.5. The molecular formula is C22H21ClN2O5. The van der Waals surface area contributed by atoms with Crippen LogP contribution in [0.15, 0.2) is 47.1 Å². The Kier molecular flexibility index (Phi) is 6.74. The topological polar surface area (TPSA) is 97.6 Å². The highest BCUT2D eigenvalue weighted by molar-refractivity contribution is 6.31. The summed E-state index contributed by atoms with van der Waals surface area (Å²) in [5, 5.41) is 6.43. The van der Waals surface area contributed by atoms with Crippen molar-refractivity contribution >= 4 is 46.0 Å². The van der Waals surface area contributed by atoms with E-state index in [-0.39, 0.29) is 13.0 Å². The highest BCUT2D eigenvalue weighted by Crippen LogP contribution is 2.23. The van der Waals surface area contributed by atoms with Crippen molar-refractivity contribution in [2.45, 2.75) is 20.3 Å². The molecule has 0 aliphatic carbocycles. The smallest absolute Gasteiger partial charge is 0.310 e. The van der Waals surface area contributed by atoms with Gasteiger partial charge >= 0.3 is 5.97 Å². The summed E-state index contributed by atoms with van der Waals surface area (Å²) in [6, 6.07) is 10.8. The Labute approximate surface area is 178 Å². The largest absolute Gasteiger partial charge is 0.464 e. The van der Waals surface area contributed by atoms with Gasteiger partial charge in [-0.2, -0.15) is 0 Å². The summed E-state index contributed by atoms with van der Waals surface area (Å²) in [6.07, 6.45) is 1.49. The summed E-state index contributed by atoms with van der Waals surface area (Å²) in [5.74, 6) is -1.55. The maximum absolute atomic E-state index is 12.0. The van der Waals surface area contributed by atoms with Gasteiger partial charge in [-0.3, -0.25) is 14.4 Å². The molecule has 0 bridgehead atoms. The predicted octanol–water partition coefficient (Wildman–Crippen LogP) is 3.54. The number of hydrogen-bond acceptors (Lipinski definition) is 5. The zero-order chi connectivity index (χ0) is 21.7. The highest BCUT2D eigenvalue weighted by Gasteiger charge is 2.14. The molecule has 0 saturated heterocycles. The molecule has 7 nitrogen and oxygen atoms in total. The predicted molar refractivity (Wildman–Crippen MR) is 113 cm³/mol. The third-order valence-corrected chi connectivity index (χ3v) is 4.91. The monoisotopic (exact) mass is 428 g/mol. The second-order valence-corrected chi connectivity index (χ2v) is 7.24. The SMILES string of the molecule is Cc1ccc2c(CC(=O)OCC(=O)NCC(=O)Nc3cccc(Cl)c3C)coc2c1. The van der Waals surface area contributed by atoms with Gasteiger partial charge in [0.2, 0.25) is 5.91 Å². The number of benzene rings is 2. The summed E-state index contributed by atoms with van der Waals surface area (Å²) in [4.78, 5) is 35.9. The van der Waals surface area contributed by atoms with Crippen LogP contribution in [0.4, 0.5) is 5.69 Å². The van der Waals surface area contributed by atoms with Crippen LogP contribution in [0.5, 0.6) is 0 Å². The van der Waals surface area contributed by atoms with Gasteiger partial charge < -0.3 is 19.8 Å². The Morgan fingerprint density at radius 1 is 1.10 bits per heavy atom. The van der Waals surface area contributed by atoms with Gasteiger partial charge in [0, 0.05) is 21.7 Å². The summed E-state index contributed by atoms with van der Waals surface area (Å²) in [5.41, 5.74) is 3.73. The zero-order valence-electron chi connectivity index (χ0n) is 16.6. The molecule has 0 fully saturated rings. The summed E-state index contributed by atoms with van der Waals surface area (Å²) < 4.78 is 10.4. The third kappa shape index (κ3) is 5.39. The van der Waals surface area contributed by atoms with Crippen molar-refractivity contribution in [1.82, 2.24) is 5.32 Å². The molecule has 156 valence electrons. The lowest BCUT2D eigenvalue weighted by molar-refractivity contribution is -0.147. The molecule has 2 N–H and O–H groups in total. The van der Waals surface area contributed by atoms with E-state index in [9.17, 15) is 14.4 Å². The van der Waals surface area contributed by atoms with Crippen molar-refractivity contribution in [3.8, 4) is 0 Å². The standard InChI is InChI=1S/C22H21ClN2O5/c1-13-6-7-16-15(11-29-19(16)8-13)9-22(28)30-12-21(27)24-10-20(26)25-18-5-3-4-17(23)14(18)2/h3-8,11H,9-10,12H2,1-2H3,(H,24,27)(H,25,26). The van der Waals surface area contributed by atoms with Gasteiger partial charge in [-0.15, -0.1) is 0 Å². The maximum atomic E-state index is 12.0. The number of ether oxygens (including phenoxy) is 1. The van der Waals surface area contributed by atoms with Gasteiger partial charge in [-0.25, -0.2) is 0 Å². The second kappa shape index (κ2) is 9.45. The summed E-state index contributed by atoms with van der Waals surface area (Å²) in [7, 11) is 0. The lowest BCUT2D eigenvalue weighted by atomic mass is 10.1. The number of anilines is 1. The number of furan rings is 1. The average molecular weight is 429 g/mol. The maximum Gasteiger partial charge on any atom is 0.310 e. The average Bonchev–Trinajstić information content (AvgIpc) is 3.10. The fourth-order valence-corrected chi connectivity index (χ4v) is 3.02. The second-order valence-electron chi connectivity index (χ2n) is 6.84. The van der Waals surface area contributed by atoms with Crippen LogP contribution in [-0.4, -0.2) is 30.9 Å². The summed E-state index contributed by atoms with van der Waals surface area (Å²) in [6.45, 7) is 3.00. The molecule has 0 unspecified atom stereocenters. The molecule has 1 aromatic heterocycles. The van der Waals surface area contributed by atoms with Crippen molar-refractivity contribution in [2.75, 3.05) is 18.5 Å². The van der Waals surface area contributed by atoms with Crippen molar-refractivity contribution in [3.63, 3.8) is 0 Å². The number of amides is 2. The molecule has 0 saturated carbocycles. The van der Waals surface area contributed by atoms with Gasteiger partial charge in [-0.05, 0) is 43.2 Å². The lowest BCUT2D eigenvalue weighted by Gasteiger charge is -2.10. The van der Waals surface area contributed by atoms with Crippen LogP contribution in [0, 0.1) is 13.8 Å². The third-order valence-electron chi connectivity index (χ3n) is 4.50. The molecule has 2 aromatic carbocycles. The molecule has 0 radical (unpaired) electrons. The Morgan fingerprint density at radius 2 is 1.90 bits per heavy atom. The molecule has 0 aliphatic heterocycles. The van der Waals surface area contributed by atoms with E-state index in [0.717, 1.165) is 16.5 Å². The van der Waals surface area contributed by atoms with Gasteiger partial charge in [0.25, 0.3) is 5.91 Å². The van der Waals surface area contributed by atoms with Crippen molar-refractivity contribution in [3.05, 3.63) is 64.4 Å². The van der Waals surface area contributed by atoms with Crippen LogP contribution in [-0.2, 0) is 25.5 Å². The number of hydrogen-bond donors (Lipinski definition) is 2. The molecule has 30 heavy (non-hydrogen) atoms. The molecule has 3 aromatic rings. The molecule has 1 heterocycles. The van der Waals surface area contributed by atoms with Crippen molar-refractivity contribution in [2.24, 2.45) is 0 Å². The number of aryl methyl sites for hydroxylation is 1. The Morgan fingerprint density at radius 3 is 2.70 bits per heavy atom. The number of carbonyl (C=O) groups is 3. The minimum absolute atomic E-state index is 0.0160. The minimum Gasteiger partial charge on any atom is -0.464 e. The number of carbonyl (C=O) groups excluding carboxylic acids is 3. The first-order valence-corrected chi connectivity index (χ1v) is 9.65. The van der Waals surface area contributed by atoms with Gasteiger partial charge in [0.15, 0.2) is 6.61 Å². The van der Waals surface area contributed by atoms with E-state index >= 15 is 0 Å². The Balaban J connectivity index is 1.43. The van der Waals surface area contributed by atoms with Crippen LogP contribution in [0.3, 0.4) is 0 Å². The lowest BCUT2D eigenvalue weighted by Crippen LogP contribution is -2.35. The first kappa shape index (κ1) is 21.4. The molecule has 2 amide bonds. The van der Waals surface area contributed by atoms with E-state index in [1.165, 1.54) is 6.26 Å². The number of rotatable bonds is 7. The van der Waals surface area contributed by atoms with E-state index in [1.54, 1.807) is 25.1 Å². The number of halogens is 1. The van der Waals surface area contributed by atoms with E-state index in [2.05, 4.69) is 10.6 Å². The van der Waals surface area contributed by atoms with E-state index in [1.807, 2.05) is 25.1 Å². The quantitative estimate of drug-likeness (QED) is 0.561. The van der Waals surface area contributed by atoms with Crippen LogP contribution >= 0.6 is 11.6 Å². The van der Waals surface area contributed by atoms with Crippen molar-refractivity contribution in [1.29, 1.82) is 0 Å². The Bertz CT molecular complexity index is 1110. The van der Waals surface area contributed by atoms with Crippen molar-refractivity contribution < 1.29 is 23.5 Å². The molecule has 0 spiro atoms. The van der Waals surface area contributed by atoms with E-state index in [4.69, 9.17) is 20.8 Å². The number of nitrogens with one attached hydrogen (secondary N) is 2. The zero-order valence-corrected chi connectivity index (χ0v) is 17.3. The van der Waals surface area contributed by atoms with Gasteiger partial charge in [-0.1, -0.05) is 29.8 Å². The fourth-order valence-electron chi connectivity index (χ4n) is 2.85. The molecular weight excluding hydrogens is 408 g/mol. The molecule has 0 atom stereocenters. The first-order valence-electron chi connectivity index (χ1n) is 9.27. The van der Waals surface area contributed by atoms with Gasteiger partial charge in [0.1, 0.15) is 5.58 Å². The van der Waals surface area contributed by atoms with E-state index < -0.39 is 24.4 Å². The Hall–Kier alpha value is -3.32. The van der Waals surface area contributed by atoms with Crippen LogP contribution in [0.1, 0.15) is 16.7 Å². The van der Waals surface area contributed by atoms with Crippen LogP contribution in [0.25, 0.3) is 11.0 Å². The normalized spacial score (nSPS) is 10.6. The van der Waals surface area contributed by atoms with Gasteiger partial charge in [0.05, 0.1) is 19.2 Å². The summed E-state index contributed by atoms with van der Waals surface area (Å²) >= 11 is 6.01.